The molecular weight excluding hydrogens is 861 g/mol. The maximum absolute atomic E-state index is 6.49. The molecule has 2 aromatic heterocycles. The van der Waals surface area contributed by atoms with Crippen LogP contribution in [0.1, 0.15) is 0 Å². The molecule has 14 rings (SSSR count). The quantitative estimate of drug-likeness (QED) is 0.151. The van der Waals surface area contributed by atoms with Crippen LogP contribution < -0.4 is 4.90 Å². The molecule has 0 unspecified atom stereocenters. The highest BCUT2D eigenvalue weighted by molar-refractivity contribution is 6.16. The lowest BCUT2D eigenvalue weighted by Gasteiger charge is -2.29. The first-order valence-corrected chi connectivity index (χ1v) is 24.3. The molecular formula is C68H44N2O. The van der Waals surface area contributed by atoms with Crippen LogP contribution in [0.5, 0.6) is 0 Å². The third-order valence-corrected chi connectivity index (χ3v) is 14.4. The predicted octanol–water partition coefficient (Wildman–Crippen LogP) is 19.1. The Bertz CT molecular complexity index is 4270. The monoisotopic (exact) mass is 904 g/mol. The zero-order valence-electron chi connectivity index (χ0n) is 38.7. The minimum absolute atomic E-state index is 0.894. The number of hydrogen-bond acceptors (Lipinski definition) is 2. The average molecular weight is 905 g/mol. The fraction of sp³-hybridized carbons (Fsp3) is 0. The van der Waals surface area contributed by atoms with E-state index in [4.69, 9.17) is 4.42 Å². The van der Waals surface area contributed by atoms with E-state index in [1.165, 1.54) is 49.1 Å². The molecule has 2 heterocycles. The van der Waals surface area contributed by atoms with E-state index in [1.807, 2.05) is 0 Å². The highest BCUT2D eigenvalue weighted by atomic mass is 16.3. The molecule has 14 aromatic rings. The molecule has 0 spiro atoms. The Hall–Kier alpha value is -9.44. The summed E-state index contributed by atoms with van der Waals surface area (Å²) in [5.41, 5.74) is 17.9. The van der Waals surface area contributed by atoms with Crippen LogP contribution in [0.15, 0.2) is 271 Å². The lowest BCUT2D eigenvalue weighted by Crippen LogP contribution is -2.11. The number of aromatic nitrogens is 1. The van der Waals surface area contributed by atoms with Crippen LogP contribution in [0.25, 0.3) is 115 Å². The second-order valence-corrected chi connectivity index (χ2v) is 18.5. The second-order valence-electron chi connectivity index (χ2n) is 18.5. The fourth-order valence-corrected chi connectivity index (χ4v) is 11.0. The van der Waals surface area contributed by atoms with E-state index >= 15 is 0 Å². The summed E-state index contributed by atoms with van der Waals surface area (Å²) in [7, 11) is 0. The number of fused-ring (bicyclic) bond motifs is 9. The summed E-state index contributed by atoms with van der Waals surface area (Å²) in [6.07, 6.45) is 0. The van der Waals surface area contributed by atoms with Crippen LogP contribution in [0, 0.1) is 0 Å². The first-order valence-electron chi connectivity index (χ1n) is 24.3. The summed E-state index contributed by atoms with van der Waals surface area (Å²) in [6.45, 7) is 0. The Morgan fingerprint density at radius 2 is 0.845 bits per heavy atom. The van der Waals surface area contributed by atoms with Gasteiger partial charge in [-0.05, 0) is 134 Å². The molecule has 0 bridgehead atoms. The van der Waals surface area contributed by atoms with Gasteiger partial charge >= 0.3 is 0 Å². The zero-order chi connectivity index (χ0) is 46.8. The molecule has 3 heteroatoms. The van der Waals surface area contributed by atoms with Gasteiger partial charge in [-0.3, -0.25) is 0 Å². The van der Waals surface area contributed by atoms with Crippen molar-refractivity contribution in [2.45, 2.75) is 0 Å². The van der Waals surface area contributed by atoms with Crippen molar-refractivity contribution in [3.8, 4) is 50.2 Å². The van der Waals surface area contributed by atoms with Gasteiger partial charge in [-0.2, -0.15) is 0 Å². The molecule has 0 aliphatic rings. The molecule has 0 aliphatic carbocycles. The lowest BCUT2D eigenvalue weighted by atomic mass is 9.93. The Balaban J connectivity index is 0.896. The summed E-state index contributed by atoms with van der Waals surface area (Å²) in [5, 5.41) is 9.54. The van der Waals surface area contributed by atoms with E-state index in [0.29, 0.717) is 0 Å². The van der Waals surface area contributed by atoms with Gasteiger partial charge in [0.05, 0.1) is 16.7 Å². The Morgan fingerprint density at radius 3 is 1.56 bits per heavy atom. The molecule has 0 fully saturated rings. The molecule has 0 saturated carbocycles. The van der Waals surface area contributed by atoms with E-state index < -0.39 is 0 Å². The van der Waals surface area contributed by atoms with Crippen molar-refractivity contribution in [2.24, 2.45) is 0 Å². The Kier molecular flexibility index (Phi) is 9.53. The van der Waals surface area contributed by atoms with Gasteiger partial charge < -0.3 is 13.9 Å². The van der Waals surface area contributed by atoms with Crippen molar-refractivity contribution in [1.29, 1.82) is 0 Å². The highest BCUT2D eigenvalue weighted by Crippen LogP contribution is 2.45. The maximum atomic E-state index is 6.49. The van der Waals surface area contributed by atoms with Gasteiger partial charge in [-0.15, -0.1) is 0 Å². The Labute approximate surface area is 411 Å². The summed E-state index contributed by atoms with van der Waals surface area (Å²) < 4.78 is 8.88. The minimum Gasteiger partial charge on any atom is -0.455 e. The largest absolute Gasteiger partial charge is 0.455 e. The number of benzene rings is 12. The van der Waals surface area contributed by atoms with Crippen molar-refractivity contribution in [1.82, 2.24) is 4.57 Å². The standard InChI is InChI=1S/C68H44N2O/c1-2-14-48(15-3-1)62-44-52(57-25-13-18-47-16-4-6-21-56(47)57)33-40-66(62)69(54-37-30-46(31-38-54)51-34-41-67-63(43-51)61-39-32-49-17-5-7-22-58(49)68(61)71-67)53-35-28-45(29-36-53)50-19-12-20-55(42-50)70-64-26-10-8-23-59(64)60-24-9-11-27-65(60)70/h1-44H. The third kappa shape index (κ3) is 6.89. The molecule has 12 aromatic carbocycles. The summed E-state index contributed by atoms with van der Waals surface area (Å²) in [5.74, 6) is 0. The number of anilines is 3. The van der Waals surface area contributed by atoms with E-state index in [0.717, 1.165) is 83.5 Å². The van der Waals surface area contributed by atoms with Crippen LogP contribution >= 0.6 is 0 Å². The van der Waals surface area contributed by atoms with Crippen molar-refractivity contribution in [3.63, 3.8) is 0 Å². The number of rotatable bonds is 8. The van der Waals surface area contributed by atoms with E-state index in [2.05, 4.69) is 276 Å². The van der Waals surface area contributed by atoms with Crippen molar-refractivity contribution in [2.75, 3.05) is 4.90 Å². The van der Waals surface area contributed by atoms with Gasteiger partial charge in [-0.1, -0.05) is 188 Å². The smallest absolute Gasteiger partial charge is 0.143 e. The van der Waals surface area contributed by atoms with E-state index in [1.54, 1.807) is 0 Å². The van der Waals surface area contributed by atoms with Crippen LogP contribution in [0.4, 0.5) is 17.1 Å². The predicted molar refractivity (Wildman–Crippen MR) is 299 cm³/mol. The normalized spacial score (nSPS) is 11.7. The molecule has 0 N–H and O–H groups in total. The van der Waals surface area contributed by atoms with E-state index in [9.17, 15) is 0 Å². The first-order chi connectivity index (χ1) is 35.2. The third-order valence-electron chi connectivity index (χ3n) is 14.4. The number of hydrogen-bond donors (Lipinski definition) is 0. The van der Waals surface area contributed by atoms with Gasteiger partial charge in [0, 0.05) is 49.6 Å². The van der Waals surface area contributed by atoms with Crippen LogP contribution in [-0.2, 0) is 0 Å². The minimum atomic E-state index is 0.894. The SMILES string of the molecule is c1ccc(-c2cc(-c3cccc4ccccc34)ccc2N(c2ccc(-c3cccc(-n4c5ccccc5c5ccccc54)c3)cc2)c2ccc(-c3ccc4oc5c6ccccc6ccc5c4c3)cc2)cc1. The summed E-state index contributed by atoms with van der Waals surface area (Å²) in [6, 6.07) is 96.8. The van der Waals surface area contributed by atoms with Gasteiger partial charge in [0.15, 0.2) is 0 Å². The first kappa shape index (κ1) is 40.6. The number of nitrogens with zero attached hydrogens (tertiary/aromatic N) is 2. The van der Waals surface area contributed by atoms with Gasteiger partial charge in [0.2, 0.25) is 0 Å². The Morgan fingerprint density at radius 1 is 0.296 bits per heavy atom. The maximum Gasteiger partial charge on any atom is 0.143 e. The summed E-state index contributed by atoms with van der Waals surface area (Å²) >= 11 is 0. The van der Waals surface area contributed by atoms with Crippen molar-refractivity contribution >= 4 is 82.4 Å². The molecule has 0 amide bonds. The topological polar surface area (TPSA) is 21.3 Å². The highest BCUT2D eigenvalue weighted by Gasteiger charge is 2.21. The van der Waals surface area contributed by atoms with Crippen LogP contribution in [0.3, 0.4) is 0 Å². The molecule has 0 atom stereocenters. The lowest BCUT2D eigenvalue weighted by molar-refractivity contribution is 0.672. The van der Waals surface area contributed by atoms with Crippen molar-refractivity contribution in [3.05, 3.63) is 267 Å². The number of furan rings is 1. The molecule has 0 radical (unpaired) electrons. The van der Waals surface area contributed by atoms with E-state index in [-0.39, 0.29) is 0 Å². The van der Waals surface area contributed by atoms with Crippen LogP contribution in [0.2, 0.25) is 0 Å². The summed E-state index contributed by atoms with van der Waals surface area (Å²) in [4.78, 5) is 2.41. The van der Waals surface area contributed by atoms with Crippen molar-refractivity contribution < 1.29 is 4.42 Å². The zero-order valence-corrected chi connectivity index (χ0v) is 38.7. The average Bonchev–Trinajstić information content (AvgIpc) is 4.00. The molecule has 0 aliphatic heterocycles. The second kappa shape index (κ2) is 16.7. The van der Waals surface area contributed by atoms with Gasteiger partial charge in [-0.25, -0.2) is 0 Å². The van der Waals surface area contributed by atoms with Gasteiger partial charge in [0.1, 0.15) is 11.2 Å². The van der Waals surface area contributed by atoms with Gasteiger partial charge in [0.25, 0.3) is 0 Å². The molecule has 332 valence electrons. The fourth-order valence-electron chi connectivity index (χ4n) is 11.0. The molecule has 0 saturated heterocycles. The molecule has 71 heavy (non-hydrogen) atoms. The number of para-hydroxylation sites is 2. The molecule has 3 nitrogen and oxygen atoms in total. The van der Waals surface area contributed by atoms with Crippen LogP contribution in [-0.4, -0.2) is 4.57 Å².